The van der Waals surface area contributed by atoms with Crippen molar-refractivity contribution < 1.29 is 4.79 Å². The topological polar surface area (TPSA) is 85.8 Å². The molecule has 4 rings (SSSR count). The lowest BCUT2D eigenvalue weighted by Crippen LogP contribution is -2.22. The Bertz CT molecular complexity index is 1130. The van der Waals surface area contributed by atoms with Gasteiger partial charge in [-0.1, -0.05) is 41.3 Å². The Morgan fingerprint density at radius 3 is 2.74 bits per heavy atom. The Balaban J connectivity index is 1.60. The molecule has 3 N–H and O–H groups in total. The molecule has 0 fully saturated rings. The third-order valence-electron chi connectivity index (χ3n) is 4.43. The van der Waals surface area contributed by atoms with Crippen molar-refractivity contribution in [2.24, 2.45) is 0 Å². The summed E-state index contributed by atoms with van der Waals surface area (Å²) in [6.45, 7) is 4.88. The number of anilines is 2. The van der Waals surface area contributed by atoms with Crippen molar-refractivity contribution in [2.45, 2.75) is 30.0 Å². The molecule has 4 aromatic rings. The van der Waals surface area contributed by atoms with E-state index in [1.165, 1.54) is 39.5 Å². The largest absolute Gasteiger partial charge is 0.374 e. The van der Waals surface area contributed by atoms with Gasteiger partial charge in [-0.3, -0.25) is 4.79 Å². The molecule has 0 radical (unpaired) electrons. The van der Waals surface area contributed by atoms with Crippen LogP contribution in [0.2, 0.25) is 0 Å². The molecule has 0 saturated heterocycles. The Labute approximate surface area is 164 Å². The van der Waals surface area contributed by atoms with Crippen molar-refractivity contribution in [1.82, 2.24) is 14.8 Å². The van der Waals surface area contributed by atoms with Crippen molar-refractivity contribution in [2.75, 3.05) is 11.1 Å². The zero-order valence-corrected chi connectivity index (χ0v) is 16.6. The van der Waals surface area contributed by atoms with Gasteiger partial charge in [0.25, 0.3) is 0 Å². The number of carbonyl (C=O) groups excluding carboxylic acids is 1. The van der Waals surface area contributed by atoms with Gasteiger partial charge in [-0.15, -0.1) is 10.2 Å². The fourth-order valence-electron chi connectivity index (χ4n) is 3.19. The number of para-hydroxylation sites is 1. The molecule has 0 aliphatic heterocycles. The van der Waals surface area contributed by atoms with Gasteiger partial charge in [0, 0.05) is 34.0 Å². The number of aryl methyl sites for hydroxylation is 1. The Hall–Kier alpha value is -2.58. The van der Waals surface area contributed by atoms with Gasteiger partial charge in [0.2, 0.25) is 11.0 Å². The summed E-state index contributed by atoms with van der Waals surface area (Å²) in [5.41, 5.74) is 8.76. The average molecular weight is 398 g/mol. The van der Waals surface area contributed by atoms with Gasteiger partial charge in [0.1, 0.15) is 0 Å². The first-order valence-electron chi connectivity index (χ1n) is 8.64. The number of aromatic nitrogens is 3. The first-order chi connectivity index (χ1) is 13.1. The van der Waals surface area contributed by atoms with Crippen molar-refractivity contribution in [3.63, 3.8) is 0 Å². The predicted molar refractivity (Wildman–Crippen MR) is 113 cm³/mol. The van der Waals surface area contributed by atoms with Crippen LogP contribution in [0.15, 0.2) is 46.8 Å². The molecule has 6 nitrogen and oxygen atoms in total. The van der Waals surface area contributed by atoms with Gasteiger partial charge in [0.15, 0.2) is 4.34 Å². The van der Waals surface area contributed by atoms with Gasteiger partial charge in [-0.05, 0) is 38.1 Å². The maximum absolute atomic E-state index is 12.6. The Morgan fingerprint density at radius 1 is 1.22 bits per heavy atom. The number of rotatable bonds is 5. The van der Waals surface area contributed by atoms with E-state index in [-0.39, 0.29) is 11.2 Å². The molecule has 2 heterocycles. The lowest BCUT2D eigenvalue weighted by atomic mass is 10.1. The zero-order chi connectivity index (χ0) is 19.0. The van der Waals surface area contributed by atoms with E-state index in [1.807, 2.05) is 25.1 Å². The van der Waals surface area contributed by atoms with Crippen molar-refractivity contribution in [1.29, 1.82) is 0 Å². The lowest BCUT2D eigenvalue weighted by molar-refractivity contribution is -0.115. The van der Waals surface area contributed by atoms with Crippen LogP contribution in [0.25, 0.3) is 21.8 Å². The second-order valence-corrected chi connectivity index (χ2v) is 8.75. The molecule has 1 atom stereocenters. The molecule has 0 aliphatic carbocycles. The number of nitrogens with two attached hydrogens (primary N) is 1. The van der Waals surface area contributed by atoms with Crippen LogP contribution in [-0.2, 0) is 11.3 Å². The van der Waals surface area contributed by atoms with Crippen molar-refractivity contribution >= 4 is 61.6 Å². The SMILES string of the molecule is CCn1c2ccccc2c2cc(NC(=O)C(C)Sc3nnc(N)s3)ccc21. The van der Waals surface area contributed by atoms with Crippen LogP contribution in [0.4, 0.5) is 10.8 Å². The Kier molecular flexibility index (Phi) is 4.75. The first-order valence-corrected chi connectivity index (χ1v) is 10.3. The fourth-order valence-corrected chi connectivity index (χ4v) is 4.97. The third-order valence-corrected chi connectivity index (χ3v) is 6.36. The minimum absolute atomic E-state index is 0.0765. The van der Waals surface area contributed by atoms with Crippen LogP contribution in [0.5, 0.6) is 0 Å². The monoisotopic (exact) mass is 397 g/mol. The summed E-state index contributed by atoms with van der Waals surface area (Å²) in [5.74, 6) is -0.0765. The summed E-state index contributed by atoms with van der Waals surface area (Å²) in [6, 6.07) is 14.4. The van der Waals surface area contributed by atoms with E-state index in [0.29, 0.717) is 9.47 Å². The maximum atomic E-state index is 12.6. The van der Waals surface area contributed by atoms with E-state index in [4.69, 9.17) is 5.73 Å². The van der Waals surface area contributed by atoms with E-state index in [1.54, 1.807) is 0 Å². The molecule has 1 amide bonds. The predicted octanol–water partition coefficient (Wildman–Crippen LogP) is 4.37. The van der Waals surface area contributed by atoms with Crippen LogP contribution in [0, 0.1) is 0 Å². The highest BCUT2D eigenvalue weighted by molar-refractivity contribution is 8.02. The maximum Gasteiger partial charge on any atom is 0.237 e. The molecule has 2 aromatic carbocycles. The van der Waals surface area contributed by atoms with Crippen molar-refractivity contribution in [3.8, 4) is 0 Å². The van der Waals surface area contributed by atoms with E-state index >= 15 is 0 Å². The quantitative estimate of drug-likeness (QED) is 0.489. The molecule has 0 aliphatic rings. The smallest absolute Gasteiger partial charge is 0.237 e. The summed E-state index contributed by atoms with van der Waals surface area (Å²) in [4.78, 5) is 12.6. The number of benzene rings is 2. The molecular formula is C19H19N5OS2. The summed E-state index contributed by atoms with van der Waals surface area (Å²) >= 11 is 2.64. The second kappa shape index (κ2) is 7.21. The number of carbonyl (C=O) groups is 1. The molecule has 138 valence electrons. The molecule has 0 spiro atoms. The number of nitrogens with zero attached hydrogens (tertiary/aromatic N) is 3. The number of fused-ring (bicyclic) bond motifs is 3. The van der Waals surface area contributed by atoms with Gasteiger partial charge in [-0.2, -0.15) is 0 Å². The normalized spacial score (nSPS) is 12.5. The van der Waals surface area contributed by atoms with Gasteiger partial charge in [0.05, 0.1) is 5.25 Å². The molecule has 27 heavy (non-hydrogen) atoms. The number of amides is 1. The number of hydrogen-bond acceptors (Lipinski definition) is 6. The molecule has 1 unspecified atom stereocenters. The lowest BCUT2D eigenvalue weighted by Gasteiger charge is -2.11. The number of thioether (sulfide) groups is 1. The highest BCUT2D eigenvalue weighted by Crippen LogP contribution is 2.32. The number of hydrogen-bond donors (Lipinski definition) is 2. The van der Waals surface area contributed by atoms with E-state index in [9.17, 15) is 4.79 Å². The minimum Gasteiger partial charge on any atom is -0.374 e. The fraction of sp³-hybridized carbons (Fsp3) is 0.211. The van der Waals surface area contributed by atoms with E-state index in [0.717, 1.165) is 17.6 Å². The van der Waals surface area contributed by atoms with Crippen LogP contribution in [-0.4, -0.2) is 25.9 Å². The van der Waals surface area contributed by atoms with E-state index < -0.39 is 0 Å². The highest BCUT2D eigenvalue weighted by atomic mass is 32.2. The average Bonchev–Trinajstić information content (AvgIpc) is 3.22. The highest BCUT2D eigenvalue weighted by Gasteiger charge is 2.18. The minimum atomic E-state index is -0.301. The second-order valence-electron chi connectivity index (χ2n) is 6.15. The summed E-state index contributed by atoms with van der Waals surface area (Å²) in [5, 5.41) is 13.2. The summed E-state index contributed by atoms with van der Waals surface area (Å²) in [7, 11) is 0. The molecule has 2 aromatic heterocycles. The Morgan fingerprint density at radius 2 is 2.00 bits per heavy atom. The first kappa shape index (κ1) is 17.8. The molecular weight excluding hydrogens is 378 g/mol. The van der Waals surface area contributed by atoms with E-state index in [2.05, 4.69) is 51.3 Å². The third kappa shape index (κ3) is 3.38. The van der Waals surface area contributed by atoms with Gasteiger partial charge >= 0.3 is 0 Å². The van der Waals surface area contributed by atoms with Crippen LogP contribution in [0.1, 0.15) is 13.8 Å². The van der Waals surface area contributed by atoms with Crippen LogP contribution in [0.3, 0.4) is 0 Å². The molecule has 8 heteroatoms. The van der Waals surface area contributed by atoms with Crippen LogP contribution < -0.4 is 11.1 Å². The summed E-state index contributed by atoms with van der Waals surface area (Å²) in [6.07, 6.45) is 0. The zero-order valence-electron chi connectivity index (χ0n) is 15.0. The van der Waals surface area contributed by atoms with Gasteiger partial charge < -0.3 is 15.6 Å². The molecule has 0 saturated carbocycles. The van der Waals surface area contributed by atoms with Crippen molar-refractivity contribution in [3.05, 3.63) is 42.5 Å². The molecule has 0 bridgehead atoms. The number of nitrogens with one attached hydrogen (secondary N) is 1. The summed E-state index contributed by atoms with van der Waals surface area (Å²) < 4.78 is 2.98. The standard InChI is InChI=1S/C19H19N5OS2/c1-3-24-15-7-5-4-6-13(15)14-10-12(8-9-16(14)24)21-17(25)11(2)26-19-23-22-18(20)27-19/h4-11H,3H2,1-2H3,(H2,20,22)(H,21,25). The van der Waals surface area contributed by atoms with Crippen LogP contribution >= 0.6 is 23.1 Å². The number of nitrogen functional groups attached to an aromatic ring is 1. The van der Waals surface area contributed by atoms with Gasteiger partial charge in [-0.25, -0.2) is 0 Å².